The summed E-state index contributed by atoms with van der Waals surface area (Å²) in [5.41, 5.74) is -0.590. The lowest BCUT2D eigenvalue weighted by Gasteiger charge is -2.38. The highest BCUT2D eigenvalue weighted by atomic mass is 19.4. The molecule has 5 rings (SSSR count). The summed E-state index contributed by atoms with van der Waals surface area (Å²) in [6.07, 6.45) is 0.451. The van der Waals surface area contributed by atoms with Crippen LogP contribution in [0.25, 0.3) is 0 Å². The van der Waals surface area contributed by atoms with Crippen molar-refractivity contribution in [1.82, 2.24) is 30.0 Å². The van der Waals surface area contributed by atoms with Gasteiger partial charge in [0.2, 0.25) is 0 Å². The number of alkyl halides is 3. The van der Waals surface area contributed by atoms with Gasteiger partial charge in [-0.05, 0) is 25.6 Å². The zero-order valence-electron chi connectivity index (χ0n) is 19.6. The second kappa shape index (κ2) is 9.22. The number of aliphatic hydroxyl groups excluding tert-OH is 1. The quantitative estimate of drug-likeness (QED) is 0.473. The van der Waals surface area contributed by atoms with Crippen LogP contribution >= 0.6 is 0 Å². The monoisotopic (exact) mass is 507 g/mol. The van der Waals surface area contributed by atoms with Gasteiger partial charge in [-0.2, -0.15) is 18.3 Å². The number of aromatic nitrogens is 3. The van der Waals surface area contributed by atoms with Gasteiger partial charge in [0.15, 0.2) is 23.6 Å². The normalized spacial score (nSPS) is 19.6. The third-order valence-corrected chi connectivity index (χ3v) is 6.24. The fourth-order valence-electron chi connectivity index (χ4n) is 4.48. The van der Waals surface area contributed by atoms with Gasteiger partial charge in [0, 0.05) is 38.1 Å². The number of halogens is 4. The van der Waals surface area contributed by atoms with Gasteiger partial charge in [-0.15, -0.1) is 0 Å². The fourth-order valence-corrected chi connectivity index (χ4v) is 4.48. The molecule has 13 heteroatoms. The van der Waals surface area contributed by atoms with Crippen LogP contribution in [0.4, 0.5) is 23.4 Å². The number of pyridine rings is 1. The SMILES string of the molecule is CN1CCN2Cc3c(OC4=CCC=C(NC(O)c5cnn(C)c5C(F)(F)F)C=C4F)ccnc3N2C1. The number of likely N-dealkylation sites (N-methyl/N-ethyl adjacent to an activating group) is 1. The van der Waals surface area contributed by atoms with Gasteiger partial charge in [0.1, 0.15) is 11.4 Å². The van der Waals surface area contributed by atoms with E-state index in [1.54, 1.807) is 18.3 Å². The molecule has 1 aliphatic carbocycles. The molecule has 4 heterocycles. The standard InChI is InChI=1S/C23H25F4N7O2/c1-31-8-9-33-12-16-18(6-7-28-21(16)34(33)13-31)36-19-5-3-4-14(10-17(19)24)30-22(35)15-11-29-32(2)20(15)23(25,26)27/h4-7,10-11,22,30,35H,3,8-9,12-13H2,1-2H3. The van der Waals surface area contributed by atoms with Crippen LogP contribution in [0.5, 0.6) is 5.75 Å². The minimum atomic E-state index is -4.71. The molecule has 0 saturated carbocycles. The van der Waals surface area contributed by atoms with Gasteiger partial charge in [-0.1, -0.05) is 6.08 Å². The van der Waals surface area contributed by atoms with Crippen LogP contribution in [0.2, 0.25) is 0 Å². The van der Waals surface area contributed by atoms with Gasteiger partial charge >= 0.3 is 6.18 Å². The maximum atomic E-state index is 15.1. The molecule has 1 atom stereocenters. The summed E-state index contributed by atoms with van der Waals surface area (Å²) in [6, 6.07) is 1.68. The highest BCUT2D eigenvalue weighted by Crippen LogP contribution is 2.38. The van der Waals surface area contributed by atoms with Crippen molar-refractivity contribution in [3.8, 4) is 5.75 Å². The first kappa shape index (κ1) is 24.3. The van der Waals surface area contributed by atoms with Gasteiger partial charge in [0.25, 0.3) is 0 Å². The lowest BCUT2D eigenvalue weighted by Crippen LogP contribution is -2.52. The van der Waals surface area contributed by atoms with E-state index in [9.17, 15) is 18.3 Å². The van der Waals surface area contributed by atoms with Crippen LogP contribution in [0, 0.1) is 0 Å². The highest BCUT2D eigenvalue weighted by Gasteiger charge is 2.39. The van der Waals surface area contributed by atoms with Crippen molar-refractivity contribution in [2.24, 2.45) is 7.05 Å². The molecule has 0 amide bonds. The van der Waals surface area contributed by atoms with Crippen LogP contribution in [0.15, 0.2) is 54.0 Å². The Morgan fingerprint density at radius 1 is 1.19 bits per heavy atom. The van der Waals surface area contributed by atoms with Crippen LogP contribution in [0.1, 0.15) is 29.5 Å². The summed E-state index contributed by atoms with van der Waals surface area (Å²) in [7, 11) is 3.16. The van der Waals surface area contributed by atoms with Crippen LogP contribution in [0.3, 0.4) is 0 Å². The Labute approximate surface area is 204 Å². The number of hydrazine groups is 1. The number of rotatable bonds is 5. The predicted octanol–water partition coefficient (Wildman–Crippen LogP) is 2.96. The van der Waals surface area contributed by atoms with Gasteiger partial charge in [-0.3, -0.25) is 14.6 Å². The van der Waals surface area contributed by atoms with Crippen molar-refractivity contribution in [1.29, 1.82) is 0 Å². The molecule has 0 radical (unpaired) electrons. The minimum Gasteiger partial charge on any atom is -0.454 e. The Hall–Kier alpha value is -3.42. The van der Waals surface area contributed by atoms with E-state index in [2.05, 4.69) is 30.3 Å². The predicted molar refractivity (Wildman–Crippen MR) is 122 cm³/mol. The highest BCUT2D eigenvalue weighted by molar-refractivity contribution is 5.57. The van der Waals surface area contributed by atoms with E-state index in [1.165, 1.54) is 6.08 Å². The zero-order chi connectivity index (χ0) is 25.6. The Bertz CT molecular complexity index is 1250. The number of anilines is 1. The lowest BCUT2D eigenvalue weighted by atomic mass is 10.2. The first-order chi connectivity index (χ1) is 17.1. The molecular formula is C23H25F4N7O2. The van der Waals surface area contributed by atoms with E-state index >= 15 is 4.39 Å². The second-order valence-electron chi connectivity index (χ2n) is 8.79. The number of ether oxygens (including phenoxy) is 1. The van der Waals surface area contributed by atoms with Gasteiger partial charge < -0.3 is 15.2 Å². The van der Waals surface area contributed by atoms with Crippen molar-refractivity contribution in [3.05, 3.63) is 70.8 Å². The molecule has 3 aliphatic rings. The maximum Gasteiger partial charge on any atom is 0.433 e. The number of allylic oxidation sites excluding steroid dienone is 4. The van der Waals surface area contributed by atoms with E-state index in [1.807, 2.05) is 7.05 Å². The molecule has 0 aromatic carbocycles. The number of hydrogen-bond acceptors (Lipinski definition) is 8. The van der Waals surface area contributed by atoms with E-state index in [-0.39, 0.29) is 17.9 Å². The number of nitrogens with one attached hydrogen (secondary N) is 1. The summed E-state index contributed by atoms with van der Waals surface area (Å²) in [5.74, 6) is 0.481. The van der Waals surface area contributed by atoms with Crippen LogP contribution in [-0.2, 0) is 19.8 Å². The van der Waals surface area contributed by atoms with Crippen molar-refractivity contribution in [2.75, 3.05) is 31.8 Å². The Morgan fingerprint density at radius 3 is 2.78 bits per heavy atom. The second-order valence-corrected chi connectivity index (χ2v) is 8.79. The zero-order valence-corrected chi connectivity index (χ0v) is 19.6. The number of aryl methyl sites for hydroxylation is 1. The van der Waals surface area contributed by atoms with E-state index < -0.39 is 29.5 Å². The molecule has 36 heavy (non-hydrogen) atoms. The smallest absolute Gasteiger partial charge is 0.433 e. The molecular weight excluding hydrogens is 482 g/mol. The van der Waals surface area contributed by atoms with Crippen molar-refractivity contribution in [3.63, 3.8) is 0 Å². The average molecular weight is 507 g/mol. The molecule has 1 unspecified atom stereocenters. The number of hydrogen-bond donors (Lipinski definition) is 2. The van der Waals surface area contributed by atoms with Crippen molar-refractivity contribution >= 4 is 5.82 Å². The molecule has 1 saturated heterocycles. The van der Waals surface area contributed by atoms with Gasteiger partial charge in [0.05, 0.1) is 30.5 Å². The fraction of sp³-hybridized carbons (Fsp3) is 0.391. The molecule has 192 valence electrons. The van der Waals surface area contributed by atoms with Gasteiger partial charge in [-0.25, -0.2) is 14.4 Å². The number of fused-ring (bicyclic) bond motifs is 3. The Kier molecular flexibility index (Phi) is 6.22. The summed E-state index contributed by atoms with van der Waals surface area (Å²) >= 11 is 0. The van der Waals surface area contributed by atoms with Crippen molar-refractivity contribution in [2.45, 2.75) is 25.4 Å². The molecule has 9 nitrogen and oxygen atoms in total. The molecule has 1 fully saturated rings. The van der Waals surface area contributed by atoms with Crippen molar-refractivity contribution < 1.29 is 27.4 Å². The Balaban J connectivity index is 1.32. The first-order valence-corrected chi connectivity index (χ1v) is 11.3. The summed E-state index contributed by atoms with van der Waals surface area (Å²) < 4.78 is 61.8. The van der Waals surface area contributed by atoms with E-state index in [4.69, 9.17) is 4.74 Å². The molecule has 0 bridgehead atoms. The number of aliphatic hydroxyl groups is 1. The third-order valence-electron chi connectivity index (χ3n) is 6.24. The first-order valence-electron chi connectivity index (χ1n) is 11.3. The van der Waals surface area contributed by atoms with E-state index in [0.717, 1.165) is 43.8 Å². The largest absolute Gasteiger partial charge is 0.454 e. The topological polar surface area (TPSA) is 81.9 Å². The lowest BCUT2D eigenvalue weighted by molar-refractivity contribution is -0.145. The molecule has 2 N–H and O–H groups in total. The molecule has 0 spiro atoms. The average Bonchev–Trinajstić information content (AvgIpc) is 3.34. The number of nitrogens with zero attached hydrogens (tertiary/aromatic N) is 6. The minimum absolute atomic E-state index is 0.0275. The third kappa shape index (κ3) is 4.56. The van der Waals surface area contributed by atoms with Crippen LogP contribution < -0.4 is 15.1 Å². The van der Waals surface area contributed by atoms with Crippen LogP contribution in [-0.4, -0.2) is 56.6 Å². The summed E-state index contributed by atoms with van der Waals surface area (Å²) in [4.78, 5) is 6.66. The molecule has 2 aliphatic heterocycles. The van der Waals surface area contributed by atoms with E-state index in [0.29, 0.717) is 23.6 Å². The molecule has 2 aromatic rings. The summed E-state index contributed by atoms with van der Waals surface area (Å²) in [6.45, 7) is 3.03. The Morgan fingerprint density at radius 2 is 2.00 bits per heavy atom. The molecule has 2 aromatic heterocycles. The summed E-state index contributed by atoms with van der Waals surface area (Å²) in [5, 5.41) is 20.8. The maximum absolute atomic E-state index is 15.1.